The van der Waals surface area contributed by atoms with Crippen molar-refractivity contribution < 1.29 is 34.0 Å². The van der Waals surface area contributed by atoms with E-state index in [0.29, 0.717) is 24.1 Å². The monoisotopic (exact) mass is 494 g/mol. The zero-order valence-electron chi connectivity index (χ0n) is 18.0. The minimum Gasteiger partial charge on any atom is -0.406 e. The zero-order valence-corrected chi connectivity index (χ0v) is 18.8. The summed E-state index contributed by atoms with van der Waals surface area (Å²) >= 11 is 0. The molecule has 1 aliphatic rings. The molecule has 1 saturated carbocycles. The topological polar surface area (TPSA) is 84.5 Å². The summed E-state index contributed by atoms with van der Waals surface area (Å²) in [6.45, 7) is 0. The summed E-state index contributed by atoms with van der Waals surface area (Å²) in [5, 5.41) is 2.89. The van der Waals surface area contributed by atoms with Crippen LogP contribution in [-0.4, -0.2) is 27.7 Å². The Morgan fingerprint density at radius 2 is 1.62 bits per heavy atom. The molecule has 2 N–H and O–H groups in total. The highest BCUT2D eigenvalue weighted by Crippen LogP contribution is 2.49. The second kappa shape index (κ2) is 8.77. The molecule has 0 bridgehead atoms. The van der Waals surface area contributed by atoms with Gasteiger partial charge >= 0.3 is 6.36 Å². The van der Waals surface area contributed by atoms with Gasteiger partial charge in [-0.05, 0) is 73.0 Å². The minimum atomic E-state index is -4.78. The van der Waals surface area contributed by atoms with Crippen molar-refractivity contribution in [2.45, 2.75) is 29.5 Å². The van der Waals surface area contributed by atoms with Crippen LogP contribution in [0.5, 0.6) is 5.75 Å². The van der Waals surface area contributed by atoms with E-state index < -0.39 is 21.8 Å². The van der Waals surface area contributed by atoms with Gasteiger partial charge in [-0.2, -0.15) is 0 Å². The van der Waals surface area contributed by atoms with Crippen LogP contribution in [0.1, 0.15) is 21.3 Å². The second-order valence-corrected chi connectivity index (χ2v) is 9.81. The number of alkyl halides is 3. The molecule has 0 radical (unpaired) electrons. The number of rotatable bonds is 7. The van der Waals surface area contributed by atoms with Gasteiger partial charge in [-0.15, -0.1) is 13.2 Å². The van der Waals surface area contributed by atoms with Gasteiger partial charge in [-0.1, -0.05) is 36.4 Å². The van der Waals surface area contributed by atoms with Gasteiger partial charge in [0.05, 0.1) is 10.3 Å². The molecule has 0 heterocycles. The van der Waals surface area contributed by atoms with Crippen molar-refractivity contribution in [3.05, 3.63) is 78.4 Å². The predicted octanol–water partition coefficient (Wildman–Crippen LogP) is 5.32. The molecule has 34 heavy (non-hydrogen) atoms. The largest absolute Gasteiger partial charge is 0.573 e. The quantitative estimate of drug-likeness (QED) is 0.466. The SMILES string of the molecule is CNS(=O)(=O)c1ccc(-c2cccc(NC(=O)C3(c4ccc(OC(F)(F)F)cc4)CC3)c2)cc1.[HH].[HH]. The van der Waals surface area contributed by atoms with E-state index in [1.165, 1.54) is 43.4 Å². The Labute approximate surface area is 197 Å². The molecule has 0 spiro atoms. The highest BCUT2D eigenvalue weighted by Gasteiger charge is 2.51. The van der Waals surface area contributed by atoms with Crippen molar-refractivity contribution in [3.8, 4) is 16.9 Å². The average Bonchev–Trinajstić information content (AvgIpc) is 3.61. The van der Waals surface area contributed by atoms with E-state index in [9.17, 15) is 26.4 Å². The summed E-state index contributed by atoms with van der Waals surface area (Å²) in [6, 6.07) is 18.8. The van der Waals surface area contributed by atoms with Crippen molar-refractivity contribution in [1.29, 1.82) is 0 Å². The number of amides is 1. The molecule has 1 fully saturated rings. The maximum Gasteiger partial charge on any atom is 0.573 e. The highest BCUT2D eigenvalue weighted by molar-refractivity contribution is 7.89. The molecule has 0 aliphatic heterocycles. The van der Waals surface area contributed by atoms with Crippen molar-refractivity contribution in [2.75, 3.05) is 12.4 Å². The summed E-state index contributed by atoms with van der Waals surface area (Å²) in [4.78, 5) is 13.2. The van der Waals surface area contributed by atoms with Crippen LogP contribution >= 0.6 is 0 Å². The predicted molar refractivity (Wildman–Crippen MR) is 125 cm³/mol. The highest BCUT2D eigenvalue weighted by atomic mass is 32.2. The molecule has 1 amide bonds. The van der Waals surface area contributed by atoms with Crippen molar-refractivity contribution in [2.24, 2.45) is 0 Å². The lowest BCUT2D eigenvalue weighted by atomic mass is 9.94. The summed E-state index contributed by atoms with van der Waals surface area (Å²) in [5.74, 6) is -0.585. The maximum atomic E-state index is 13.1. The molecular formula is C24H25F3N2O4S. The van der Waals surface area contributed by atoms with E-state index in [4.69, 9.17) is 0 Å². The minimum absolute atomic E-state index is 0. The summed E-state index contributed by atoms with van der Waals surface area (Å²) < 4.78 is 67.1. The van der Waals surface area contributed by atoms with E-state index in [1.54, 1.807) is 30.3 Å². The Bertz CT molecular complexity index is 1310. The molecule has 0 atom stereocenters. The van der Waals surface area contributed by atoms with Gasteiger partial charge in [0.1, 0.15) is 5.75 Å². The fraction of sp³-hybridized carbons (Fsp3) is 0.208. The van der Waals surface area contributed by atoms with E-state index in [1.807, 2.05) is 6.07 Å². The van der Waals surface area contributed by atoms with E-state index in [0.717, 1.165) is 11.1 Å². The average molecular weight is 495 g/mol. The van der Waals surface area contributed by atoms with Crippen LogP contribution < -0.4 is 14.8 Å². The Hall–Kier alpha value is -3.37. The van der Waals surface area contributed by atoms with Crippen LogP contribution in [0.2, 0.25) is 0 Å². The van der Waals surface area contributed by atoms with E-state index in [-0.39, 0.29) is 19.4 Å². The van der Waals surface area contributed by atoms with Gasteiger partial charge in [0.15, 0.2) is 0 Å². The molecule has 4 rings (SSSR count). The molecule has 6 nitrogen and oxygen atoms in total. The van der Waals surface area contributed by atoms with Gasteiger partial charge in [0.2, 0.25) is 15.9 Å². The van der Waals surface area contributed by atoms with Gasteiger partial charge in [0, 0.05) is 8.54 Å². The number of hydrogen-bond donors (Lipinski definition) is 2. The number of carbonyl (C=O) groups is 1. The molecule has 0 unspecified atom stereocenters. The molecule has 3 aromatic rings. The van der Waals surface area contributed by atoms with Crippen LogP contribution in [0, 0.1) is 0 Å². The summed E-state index contributed by atoms with van der Waals surface area (Å²) in [6.07, 6.45) is -3.61. The van der Waals surface area contributed by atoms with Gasteiger partial charge in [-0.25, -0.2) is 13.1 Å². The molecule has 3 aromatic carbocycles. The fourth-order valence-corrected chi connectivity index (χ4v) is 4.45. The number of halogens is 3. The number of hydrogen-bond acceptors (Lipinski definition) is 4. The van der Waals surface area contributed by atoms with Crippen LogP contribution in [0.15, 0.2) is 77.7 Å². The third-order valence-corrected chi connectivity index (χ3v) is 7.14. The van der Waals surface area contributed by atoms with Crippen LogP contribution in [0.3, 0.4) is 0 Å². The molecule has 10 heteroatoms. The van der Waals surface area contributed by atoms with E-state index in [2.05, 4.69) is 14.8 Å². The zero-order chi connectivity index (χ0) is 24.6. The number of sulfonamides is 1. The number of anilines is 1. The fourth-order valence-electron chi connectivity index (χ4n) is 3.72. The smallest absolute Gasteiger partial charge is 0.406 e. The lowest BCUT2D eigenvalue weighted by molar-refractivity contribution is -0.274. The maximum absolute atomic E-state index is 13.1. The molecule has 182 valence electrons. The van der Waals surface area contributed by atoms with Gasteiger partial charge < -0.3 is 10.1 Å². The Morgan fingerprint density at radius 3 is 2.18 bits per heavy atom. The summed E-state index contributed by atoms with van der Waals surface area (Å²) in [7, 11) is -2.20. The van der Waals surface area contributed by atoms with Crippen LogP contribution in [0.25, 0.3) is 11.1 Å². The van der Waals surface area contributed by atoms with Gasteiger partial charge in [0.25, 0.3) is 0 Å². The first-order valence-corrected chi connectivity index (χ1v) is 11.8. The summed E-state index contributed by atoms with van der Waals surface area (Å²) in [5.41, 5.74) is 1.93. The molecule has 0 saturated heterocycles. The molecule has 1 aliphatic carbocycles. The first-order valence-electron chi connectivity index (χ1n) is 10.3. The van der Waals surface area contributed by atoms with Crippen molar-refractivity contribution in [1.82, 2.24) is 4.72 Å². The van der Waals surface area contributed by atoms with Crippen LogP contribution in [0.4, 0.5) is 18.9 Å². The standard InChI is InChI=1S/C24H21F3N2O4S.2H2/c1-28-34(31,32)21-11-5-16(6-12-21)17-3-2-4-19(15-17)29-22(30)23(13-14-23)18-7-9-20(10-8-18)33-24(25,26)27;;/h2-12,15,28H,13-14H2,1H3,(H,29,30);2*1H. The number of ether oxygens (including phenoxy) is 1. The second-order valence-electron chi connectivity index (χ2n) is 7.92. The van der Waals surface area contributed by atoms with Gasteiger partial charge in [-0.3, -0.25) is 4.79 Å². The first kappa shape index (κ1) is 23.8. The van der Waals surface area contributed by atoms with Crippen LogP contribution in [-0.2, 0) is 20.2 Å². The van der Waals surface area contributed by atoms with Crippen molar-refractivity contribution in [3.63, 3.8) is 0 Å². The number of carbonyl (C=O) groups excluding carboxylic acids is 1. The molecule has 0 aromatic heterocycles. The van der Waals surface area contributed by atoms with E-state index >= 15 is 0 Å². The normalized spacial score (nSPS) is 14.9. The lowest BCUT2D eigenvalue weighted by Gasteiger charge is -2.17. The third-order valence-electron chi connectivity index (χ3n) is 5.71. The third kappa shape index (κ3) is 5.07. The Balaban J connectivity index is 0.00000228. The number of nitrogens with one attached hydrogen (secondary N) is 2. The first-order chi connectivity index (χ1) is 16.0. The Kier molecular flexibility index (Phi) is 6.13. The molecular weight excluding hydrogens is 469 g/mol. The Morgan fingerprint density at radius 1 is 0.971 bits per heavy atom. The number of benzene rings is 3. The lowest BCUT2D eigenvalue weighted by Crippen LogP contribution is -2.27. The van der Waals surface area contributed by atoms with Crippen molar-refractivity contribution >= 4 is 21.6 Å².